The van der Waals surface area contributed by atoms with Crippen molar-refractivity contribution in [3.63, 3.8) is 0 Å². The molecule has 284 valence electrons. The van der Waals surface area contributed by atoms with Crippen molar-refractivity contribution in [1.29, 1.82) is 5.26 Å². The Hall–Kier alpha value is -4.48. The van der Waals surface area contributed by atoms with Gasteiger partial charge < -0.3 is 19.3 Å². The van der Waals surface area contributed by atoms with Crippen LogP contribution in [0.25, 0.3) is 32.9 Å². The molecule has 4 saturated heterocycles. The summed E-state index contributed by atoms with van der Waals surface area (Å²) in [6.45, 7) is 7.80. The van der Waals surface area contributed by atoms with Crippen LogP contribution >= 0.6 is 11.6 Å². The highest BCUT2D eigenvalue weighted by Gasteiger charge is 2.45. The highest BCUT2D eigenvalue weighted by Crippen LogP contribution is 2.38. The number of hydrogen-bond acceptors (Lipinski definition) is 10. The van der Waals surface area contributed by atoms with E-state index in [4.69, 9.17) is 26.3 Å². The molecule has 4 unspecified atom stereocenters. The van der Waals surface area contributed by atoms with Gasteiger partial charge in [0, 0.05) is 93.1 Å². The molecular formula is C40H45ClF2N8O3. The van der Waals surface area contributed by atoms with Gasteiger partial charge in [-0.25, -0.2) is 8.78 Å². The third-order valence-corrected chi connectivity index (χ3v) is 11.1. The zero-order chi connectivity index (χ0) is 37.8. The van der Waals surface area contributed by atoms with E-state index < -0.39 is 12.0 Å². The number of carbonyl (C=O) groups is 1. The van der Waals surface area contributed by atoms with Gasteiger partial charge in [-0.2, -0.15) is 15.2 Å². The number of alkyl halides is 1. The number of benzene rings is 2. The molecule has 2 aromatic carbocycles. The van der Waals surface area contributed by atoms with Gasteiger partial charge in [-0.05, 0) is 43.7 Å². The van der Waals surface area contributed by atoms with E-state index in [2.05, 4.69) is 24.8 Å². The maximum Gasteiger partial charge on any atom is 0.318 e. The molecule has 0 spiro atoms. The predicted octanol–water partition coefficient (Wildman–Crippen LogP) is 6.05. The fourth-order valence-electron chi connectivity index (χ4n) is 8.03. The molecule has 2 aromatic heterocycles. The minimum Gasteiger partial charge on any atom is -0.467 e. The Morgan fingerprint density at radius 1 is 1.11 bits per heavy atom. The molecule has 11 nitrogen and oxygen atoms in total. The number of anilines is 1. The van der Waals surface area contributed by atoms with Crippen LogP contribution in [0, 0.1) is 17.1 Å². The number of carbonyl (C=O) groups excluding carboxylic acids is 1. The maximum absolute atomic E-state index is 16.2. The monoisotopic (exact) mass is 758 g/mol. The molecule has 1 aliphatic carbocycles. The summed E-state index contributed by atoms with van der Waals surface area (Å²) in [5, 5.41) is 9.93. The summed E-state index contributed by atoms with van der Waals surface area (Å²) >= 11 is 6.52. The topological polar surface area (TPSA) is 111 Å². The second kappa shape index (κ2) is 16.9. The fourth-order valence-corrected chi connectivity index (χ4v) is 8.31. The third-order valence-electron chi connectivity index (χ3n) is 10.8. The molecule has 0 N–H and O–H groups in total. The van der Waals surface area contributed by atoms with Crippen molar-refractivity contribution >= 4 is 45.0 Å². The van der Waals surface area contributed by atoms with Crippen LogP contribution in [-0.2, 0) is 9.53 Å². The number of hydrogen-bond donors (Lipinski definition) is 0. The van der Waals surface area contributed by atoms with E-state index in [1.807, 2.05) is 40.1 Å². The molecule has 14 heteroatoms. The number of aromatic nitrogens is 3. The summed E-state index contributed by atoms with van der Waals surface area (Å²) in [7, 11) is 1.46. The second-order valence-electron chi connectivity index (χ2n) is 14.1. The molecule has 9 rings (SSSR count). The molecule has 4 aromatic rings. The molecule has 5 aliphatic rings. The van der Waals surface area contributed by atoms with E-state index in [-0.39, 0.29) is 23.1 Å². The Morgan fingerprint density at radius 3 is 2.65 bits per heavy atom. The normalized spacial score (nSPS) is 23.6. The van der Waals surface area contributed by atoms with Crippen molar-refractivity contribution in [2.24, 2.45) is 0 Å². The van der Waals surface area contributed by atoms with Crippen molar-refractivity contribution in [3.8, 4) is 23.3 Å². The Labute approximate surface area is 319 Å². The number of piperazine rings is 1. The Morgan fingerprint density at radius 2 is 1.89 bits per heavy atom. The molecule has 1 saturated carbocycles. The van der Waals surface area contributed by atoms with Gasteiger partial charge in [0.1, 0.15) is 23.2 Å². The lowest BCUT2D eigenvalue weighted by atomic mass is 10.0. The summed E-state index contributed by atoms with van der Waals surface area (Å²) in [6, 6.07) is 14.1. The lowest BCUT2D eigenvalue weighted by Crippen LogP contribution is -2.48. The Bertz CT molecular complexity index is 2040. The van der Waals surface area contributed by atoms with Gasteiger partial charge >= 0.3 is 6.01 Å². The van der Waals surface area contributed by atoms with Crippen LogP contribution in [0.4, 0.5) is 14.6 Å². The largest absolute Gasteiger partial charge is 0.467 e. The summed E-state index contributed by atoms with van der Waals surface area (Å²) in [6.07, 6.45) is 9.51. The lowest BCUT2D eigenvalue weighted by molar-refractivity contribution is -0.126. The molecule has 5 fully saturated rings. The first-order chi connectivity index (χ1) is 26.3. The molecule has 4 atom stereocenters. The van der Waals surface area contributed by atoms with Gasteiger partial charge in [-0.1, -0.05) is 48.0 Å². The number of pyridine rings is 1. The number of morpholine rings is 1. The number of methoxy groups -OCH3 is 1. The quantitative estimate of drug-likeness (QED) is 0.216. The number of nitrogens with zero attached hydrogens (tertiary/aromatic N) is 8. The van der Waals surface area contributed by atoms with Crippen LogP contribution in [0.3, 0.4) is 0 Å². The first-order valence-corrected chi connectivity index (χ1v) is 19.0. The van der Waals surface area contributed by atoms with Crippen LogP contribution in [0.5, 0.6) is 6.01 Å². The zero-order valence-electron chi connectivity index (χ0n) is 30.6. The summed E-state index contributed by atoms with van der Waals surface area (Å²) in [5.74, 6) is -0.0511. The van der Waals surface area contributed by atoms with Crippen molar-refractivity contribution in [2.75, 3.05) is 71.0 Å². The molecule has 54 heavy (non-hydrogen) atoms. The summed E-state index contributed by atoms with van der Waals surface area (Å²) in [4.78, 5) is 34.9. The lowest BCUT2D eigenvalue weighted by Gasteiger charge is -2.35. The highest BCUT2D eigenvalue weighted by atomic mass is 35.5. The number of amides is 1. The Balaban J connectivity index is 0.000000320. The van der Waals surface area contributed by atoms with Gasteiger partial charge in [0.2, 0.25) is 5.91 Å². The summed E-state index contributed by atoms with van der Waals surface area (Å²) in [5.41, 5.74) is 0.861. The van der Waals surface area contributed by atoms with E-state index in [9.17, 15) is 9.18 Å². The number of ether oxygens (including phenoxy) is 2. The van der Waals surface area contributed by atoms with E-state index >= 15 is 4.39 Å². The van der Waals surface area contributed by atoms with Gasteiger partial charge in [-0.15, -0.1) is 0 Å². The first-order valence-electron chi connectivity index (χ1n) is 18.6. The zero-order valence-corrected chi connectivity index (χ0v) is 31.4. The van der Waals surface area contributed by atoms with Crippen LogP contribution in [0.15, 0.2) is 54.7 Å². The molecular weight excluding hydrogens is 714 g/mol. The third kappa shape index (κ3) is 8.12. The average Bonchev–Trinajstić information content (AvgIpc) is 3.74. The highest BCUT2D eigenvalue weighted by molar-refractivity contribution is 6.36. The predicted molar refractivity (Wildman–Crippen MR) is 205 cm³/mol. The maximum atomic E-state index is 16.2. The van der Waals surface area contributed by atoms with Crippen LogP contribution in [0.1, 0.15) is 32.6 Å². The fraction of sp³-hybridized carbons (Fsp3) is 0.475. The molecule has 0 bridgehead atoms. The van der Waals surface area contributed by atoms with Crippen molar-refractivity contribution < 1.29 is 23.0 Å². The van der Waals surface area contributed by atoms with Crippen LogP contribution < -0.4 is 9.64 Å². The van der Waals surface area contributed by atoms with E-state index in [0.717, 1.165) is 49.9 Å². The van der Waals surface area contributed by atoms with Crippen LogP contribution in [-0.4, -0.2) is 126 Å². The number of rotatable bonds is 6. The van der Waals surface area contributed by atoms with E-state index in [0.29, 0.717) is 72.7 Å². The van der Waals surface area contributed by atoms with Gasteiger partial charge in [0.25, 0.3) is 0 Å². The standard InChI is InChI=1S/C31H30ClFN6O3.C7H12FN.C2H3N/c1-41-31-35-29-21(18-34-28(27(29)33)20-7-2-5-19-6-3-8-22(32)26(19)20)30(36-31)39-13-11-38(12-14-39)25(40)9-4-10-37-15-16-42-24-17-23(24)37;8-6-4-7-2-1-3-9(7)5-6;1-2-3/h2-9,18,23-24H,10-17H2,1H3;6-7H,1-5H2;1H3/b9-4+;;. The SMILES string of the molecule is CC#N.COc1nc(N2CCN(C(=O)/C=C/CN3CCOC4CC43)CC2)c2cnc(-c3cccc4cccc(Cl)c34)c(F)c2n1.FC1CC2CCCN2C1. The molecule has 0 radical (unpaired) electrons. The van der Waals surface area contributed by atoms with Crippen molar-refractivity contribution in [1.82, 2.24) is 29.7 Å². The van der Waals surface area contributed by atoms with Crippen molar-refractivity contribution in [2.45, 2.75) is 57.0 Å². The number of fused-ring (bicyclic) bond motifs is 4. The number of halogens is 3. The van der Waals surface area contributed by atoms with Gasteiger partial charge in [0.05, 0.1) is 31.3 Å². The summed E-state index contributed by atoms with van der Waals surface area (Å²) < 4.78 is 39.8. The Kier molecular flexibility index (Phi) is 11.8. The molecule has 4 aliphatic heterocycles. The second-order valence-corrected chi connectivity index (χ2v) is 14.5. The smallest absolute Gasteiger partial charge is 0.318 e. The first kappa shape index (κ1) is 37.8. The minimum absolute atomic E-state index is 0.00789. The van der Waals surface area contributed by atoms with Gasteiger partial charge in [-0.3, -0.25) is 19.6 Å². The number of nitriles is 1. The van der Waals surface area contributed by atoms with E-state index in [1.165, 1.54) is 26.9 Å². The average molecular weight is 759 g/mol. The van der Waals surface area contributed by atoms with Gasteiger partial charge in [0.15, 0.2) is 5.82 Å². The van der Waals surface area contributed by atoms with Crippen molar-refractivity contribution in [3.05, 3.63) is 65.6 Å². The minimum atomic E-state index is -0.571. The van der Waals surface area contributed by atoms with E-state index in [1.54, 1.807) is 30.5 Å². The van der Waals surface area contributed by atoms with Crippen LogP contribution in [0.2, 0.25) is 5.02 Å². The molecule has 6 heterocycles. The molecule has 1 amide bonds.